The van der Waals surface area contributed by atoms with Gasteiger partial charge in [0.15, 0.2) is 0 Å². The number of aryl methyl sites for hydroxylation is 1. The predicted molar refractivity (Wildman–Crippen MR) is 246 cm³/mol. The lowest BCUT2D eigenvalue weighted by Gasteiger charge is -2.39. The van der Waals surface area contributed by atoms with Crippen molar-refractivity contribution in [2.75, 3.05) is 9.80 Å². The van der Waals surface area contributed by atoms with Gasteiger partial charge in [0.2, 0.25) is 0 Å². The van der Waals surface area contributed by atoms with E-state index in [2.05, 4.69) is 228 Å². The van der Waals surface area contributed by atoms with Gasteiger partial charge < -0.3 is 9.80 Å². The molecule has 1 spiro atoms. The van der Waals surface area contributed by atoms with E-state index in [9.17, 15) is 0 Å². The van der Waals surface area contributed by atoms with Gasteiger partial charge in [-0.05, 0) is 123 Å². The Bertz CT molecular complexity index is 2920. The minimum absolute atomic E-state index is 0.108. The molecule has 7 aromatic rings. The van der Waals surface area contributed by atoms with Gasteiger partial charge in [-0.2, -0.15) is 0 Å². The molecule has 0 radical (unpaired) electrons. The Morgan fingerprint density at radius 3 is 1.86 bits per heavy atom. The van der Waals surface area contributed by atoms with Gasteiger partial charge in [-0.25, -0.2) is 0 Å². The second-order valence-electron chi connectivity index (χ2n) is 16.3. The van der Waals surface area contributed by atoms with Crippen molar-refractivity contribution in [3.63, 3.8) is 0 Å². The molecule has 0 fully saturated rings. The summed E-state index contributed by atoms with van der Waals surface area (Å²) in [6.45, 7) is 0. The zero-order chi connectivity index (χ0) is 38.9. The summed E-state index contributed by atoms with van der Waals surface area (Å²) >= 11 is 0. The highest BCUT2D eigenvalue weighted by atomic mass is 15.2. The van der Waals surface area contributed by atoms with Crippen molar-refractivity contribution in [2.24, 2.45) is 5.92 Å². The number of anilines is 5. The Morgan fingerprint density at radius 2 is 1.12 bits per heavy atom. The summed E-state index contributed by atoms with van der Waals surface area (Å²) in [5.41, 5.74) is 20.0. The quantitative estimate of drug-likeness (QED) is 0.167. The molecular weight excluding hydrogens is 713 g/mol. The molecule has 7 aromatic carbocycles. The highest BCUT2D eigenvalue weighted by Gasteiger charge is 2.52. The molecular formula is C57H42N2. The van der Waals surface area contributed by atoms with Gasteiger partial charge in [-0.3, -0.25) is 0 Å². The van der Waals surface area contributed by atoms with Crippen LogP contribution in [0.4, 0.5) is 28.4 Å². The number of fused-ring (bicyclic) bond motifs is 12. The zero-order valence-electron chi connectivity index (χ0n) is 32.7. The molecule has 5 aliphatic carbocycles. The highest BCUT2D eigenvalue weighted by molar-refractivity contribution is 5.97. The van der Waals surface area contributed by atoms with Gasteiger partial charge in [-0.1, -0.05) is 164 Å². The van der Waals surface area contributed by atoms with Crippen LogP contribution in [0.3, 0.4) is 0 Å². The number of hydrogen-bond acceptors (Lipinski definition) is 2. The van der Waals surface area contributed by atoms with Crippen LogP contribution in [0.2, 0.25) is 0 Å². The van der Waals surface area contributed by atoms with Gasteiger partial charge in [0.05, 0.1) is 17.1 Å². The molecule has 0 bridgehead atoms. The number of allylic oxidation sites excluding steroid dienone is 6. The molecule has 280 valence electrons. The third kappa shape index (κ3) is 5.06. The fraction of sp³-hybridized carbons (Fsp3) is 0.0877. The largest absolute Gasteiger partial charge is 0.334 e. The van der Waals surface area contributed by atoms with Crippen molar-refractivity contribution in [2.45, 2.75) is 24.3 Å². The van der Waals surface area contributed by atoms with Crippen LogP contribution in [0.15, 0.2) is 218 Å². The van der Waals surface area contributed by atoms with Gasteiger partial charge in [0, 0.05) is 34.2 Å². The van der Waals surface area contributed by atoms with E-state index < -0.39 is 5.41 Å². The van der Waals surface area contributed by atoms with Gasteiger partial charge in [-0.15, -0.1) is 0 Å². The van der Waals surface area contributed by atoms with Crippen LogP contribution in [0.5, 0.6) is 0 Å². The van der Waals surface area contributed by atoms with Crippen molar-refractivity contribution >= 4 is 34.5 Å². The zero-order valence-corrected chi connectivity index (χ0v) is 32.7. The first-order valence-corrected chi connectivity index (χ1v) is 21.0. The Kier molecular flexibility index (Phi) is 7.74. The van der Waals surface area contributed by atoms with Crippen LogP contribution in [0.1, 0.15) is 39.8 Å². The lowest BCUT2D eigenvalue weighted by molar-refractivity contribution is 0.639. The van der Waals surface area contributed by atoms with Gasteiger partial charge in [0.1, 0.15) is 0 Å². The molecule has 12 rings (SSSR count). The van der Waals surface area contributed by atoms with Crippen LogP contribution >= 0.6 is 0 Å². The summed E-state index contributed by atoms with van der Waals surface area (Å²) in [6, 6.07) is 61.6. The molecule has 2 unspecified atom stereocenters. The Labute approximate surface area is 346 Å². The second kappa shape index (κ2) is 13.5. The van der Waals surface area contributed by atoms with E-state index in [0.29, 0.717) is 0 Å². The van der Waals surface area contributed by atoms with E-state index in [1.54, 1.807) is 0 Å². The third-order valence-corrected chi connectivity index (χ3v) is 13.3. The molecule has 0 aliphatic heterocycles. The van der Waals surface area contributed by atoms with E-state index in [1.807, 2.05) is 0 Å². The van der Waals surface area contributed by atoms with E-state index in [4.69, 9.17) is 0 Å². The minimum atomic E-state index is -0.522. The normalized spacial score (nSPS) is 18.0. The second-order valence-corrected chi connectivity index (χ2v) is 16.3. The maximum Gasteiger partial charge on any atom is 0.0727 e. The lowest BCUT2D eigenvalue weighted by Crippen LogP contribution is -2.38. The molecule has 0 saturated carbocycles. The van der Waals surface area contributed by atoms with Gasteiger partial charge in [0.25, 0.3) is 0 Å². The molecule has 2 nitrogen and oxygen atoms in total. The predicted octanol–water partition coefficient (Wildman–Crippen LogP) is 14.2. The third-order valence-electron chi connectivity index (χ3n) is 13.3. The molecule has 2 heteroatoms. The Morgan fingerprint density at radius 1 is 0.475 bits per heavy atom. The van der Waals surface area contributed by atoms with Crippen LogP contribution in [0, 0.1) is 5.92 Å². The Balaban J connectivity index is 1.11. The summed E-state index contributed by atoms with van der Waals surface area (Å²) in [5.74, 6) is 0.239. The van der Waals surface area contributed by atoms with E-state index in [0.717, 1.165) is 24.2 Å². The molecule has 0 amide bonds. The van der Waals surface area contributed by atoms with Crippen molar-refractivity contribution in [3.8, 4) is 22.3 Å². The fourth-order valence-electron chi connectivity index (χ4n) is 10.8. The maximum atomic E-state index is 2.57. The van der Waals surface area contributed by atoms with Crippen molar-refractivity contribution in [3.05, 3.63) is 251 Å². The monoisotopic (exact) mass is 754 g/mol. The van der Waals surface area contributed by atoms with Crippen LogP contribution in [0.25, 0.3) is 28.3 Å². The van der Waals surface area contributed by atoms with Gasteiger partial charge >= 0.3 is 0 Å². The van der Waals surface area contributed by atoms with E-state index in [-0.39, 0.29) is 12.0 Å². The van der Waals surface area contributed by atoms with E-state index in [1.165, 1.54) is 78.3 Å². The smallest absolute Gasteiger partial charge is 0.0727 e. The first kappa shape index (κ1) is 33.9. The molecule has 5 aliphatic rings. The van der Waals surface area contributed by atoms with Crippen LogP contribution in [-0.2, 0) is 11.8 Å². The van der Waals surface area contributed by atoms with Crippen molar-refractivity contribution in [1.29, 1.82) is 0 Å². The van der Waals surface area contributed by atoms with E-state index >= 15 is 0 Å². The lowest BCUT2D eigenvalue weighted by atomic mass is 9.70. The molecule has 0 aromatic heterocycles. The molecule has 0 N–H and O–H groups in total. The highest BCUT2D eigenvalue weighted by Crippen LogP contribution is 2.64. The SMILES string of the molecule is C1=CC2=CC=CC(N(c3ccccc3)c3ccc4c(c3)C3(c5ccccc5-c5ccccc53)c3cc(N(c5ccccc5)c5cccc6c5C=CCC6)ccc3-4)C2C=C1. The summed E-state index contributed by atoms with van der Waals surface area (Å²) in [4.78, 5) is 5.05. The molecule has 0 saturated heterocycles. The topological polar surface area (TPSA) is 6.48 Å². The summed E-state index contributed by atoms with van der Waals surface area (Å²) in [5, 5.41) is 0. The maximum absolute atomic E-state index is 2.57. The first-order valence-electron chi connectivity index (χ1n) is 21.0. The number of hydrogen-bond donors (Lipinski definition) is 0. The molecule has 0 heterocycles. The standard InChI is InChI=1S/C57H42N2/c1-3-21-41(22-4-1)58(55-31-15-19-39-17-7-9-25-45(39)55)43-33-35-49-50-36-34-44(59(42-23-5-2-6-24-42)56-32-16-20-40-18-8-10-26-46(40)56)38-54(50)57(53(49)37-43)51-29-13-11-27-47(51)48-28-12-14-30-52(48)57/h1-7,9-17,19-38,45,55H,8,18H2. The van der Waals surface area contributed by atoms with Crippen molar-refractivity contribution < 1.29 is 0 Å². The summed E-state index contributed by atoms with van der Waals surface area (Å²) < 4.78 is 0. The van der Waals surface area contributed by atoms with Crippen LogP contribution in [-0.4, -0.2) is 6.04 Å². The summed E-state index contributed by atoms with van der Waals surface area (Å²) in [6.07, 6.45) is 22.7. The first-order chi connectivity index (χ1) is 29.3. The van der Waals surface area contributed by atoms with Crippen molar-refractivity contribution in [1.82, 2.24) is 0 Å². The number of rotatable bonds is 6. The number of para-hydroxylation sites is 2. The average molecular weight is 755 g/mol. The Hall–Kier alpha value is -7.16. The number of benzene rings is 7. The number of nitrogens with zero attached hydrogens (tertiary/aromatic N) is 2. The minimum Gasteiger partial charge on any atom is -0.334 e. The van der Waals surface area contributed by atoms with Crippen LogP contribution < -0.4 is 9.80 Å². The molecule has 59 heavy (non-hydrogen) atoms. The fourth-order valence-corrected chi connectivity index (χ4v) is 10.8. The molecule has 2 atom stereocenters. The average Bonchev–Trinajstić information content (AvgIpc) is 3.77. The summed E-state index contributed by atoms with van der Waals surface area (Å²) in [7, 11) is 0.